The lowest BCUT2D eigenvalue weighted by Crippen LogP contribution is -2.34. The van der Waals surface area contributed by atoms with Gasteiger partial charge in [0.15, 0.2) is 0 Å². The van der Waals surface area contributed by atoms with Gasteiger partial charge >= 0.3 is 0 Å². The monoisotopic (exact) mass is 229 g/mol. The third-order valence-electron chi connectivity index (χ3n) is 2.72. The number of amides is 1. The Hall–Kier alpha value is -0.570. The molecule has 0 radical (unpaired) electrons. The first-order chi connectivity index (χ1) is 7.16. The Morgan fingerprint density at radius 3 is 2.19 bits per heavy atom. The van der Waals surface area contributed by atoms with Crippen molar-refractivity contribution in [3.05, 3.63) is 0 Å². The van der Waals surface area contributed by atoms with Crippen molar-refractivity contribution >= 4 is 5.91 Å². The van der Waals surface area contributed by atoms with Crippen molar-refractivity contribution in [2.45, 2.75) is 60.0 Å². The molecule has 0 aliphatic heterocycles. The van der Waals surface area contributed by atoms with Crippen LogP contribution in [0.5, 0.6) is 0 Å². The molecule has 0 heterocycles. The van der Waals surface area contributed by atoms with Crippen LogP contribution in [0.15, 0.2) is 0 Å². The summed E-state index contributed by atoms with van der Waals surface area (Å²) in [4.78, 5) is 11.4. The lowest BCUT2D eigenvalue weighted by atomic mass is 9.87. The van der Waals surface area contributed by atoms with Crippen molar-refractivity contribution in [1.29, 1.82) is 0 Å². The van der Waals surface area contributed by atoms with Crippen molar-refractivity contribution in [3.63, 3.8) is 0 Å². The Bertz CT molecular complexity index is 216. The highest BCUT2D eigenvalue weighted by molar-refractivity contribution is 5.77. The molecule has 0 bridgehead atoms. The SMILES string of the molecule is CCC(C)(C)CCNC(=O)COC(C)(C)C. The third-order valence-corrected chi connectivity index (χ3v) is 2.72. The van der Waals surface area contributed by atoms with Crippen molar-refractivity contribution in [3.8, 4) is 0 Å². The minimum absolute atomic E-state index is 0.0261. The predicted molar refractivity (Wildman–Crippen MR) is 67.4 cm³/mol. The predicted octanol–water partition coefficient (Wildman–Crippen LogP) is 2.74. The second kappa shape index (κ2) is 6.24. The minimum atomic E-state index is -0.250. The number of ether oxygens (including phenoxy) is 1. The Morgan fingerprint density at radius 2 is 1.75 bits per heavy atom. The molecule has 0 fully saturated rings. The van der Waals surface area contributed by atoms with Crippen LogP contribution in [-0.2, 0) is 9.53 Å². The Morgan fingerprint density at radius 1 is 1.19 bits per heavy atom. The van der Waals surface area contributed by atoms with Gasteiger partial charge in [-0.2, -0.15) is 0 Å². The summed E-state index contributed by atoms with van der Waals surface area (Å²) in [5.41, 5.74) is 0.0538. The van der Waals surface area contributed by atoms with E-state index in [1.165, 1.54) is 0 Å². The molecule has 3 nitrogen and oxygen atoms in total. The summed E-state index contributed by atoms with van der Waals surface area (Å²) in [5, 5.41) is 2.88. The molecule has 0 aliphatic carbocycles. The second-order valence-electron chi connectivity index (χ2n) is 6.02. The summed E-state index contributed by atoms with van der Waals surface area (Å²) in [7, 11) is 0. The summed E-state index contributed by atoms with van der Waals surface area (Å²) in [6.45, 7) is 13.3. The molecule has 3 heteroatoms. The maximum Gasteiger partial charge on any atom is 0.246 e. The first-order valence-electron chi connectivity index (χ1n) is 6.07. The first kappa shape index (κ1) is 15.4. The van der Waals surface area contributed by atoms with Gasteiger partial charge in [0.1, 0.15) is 6.61 Å². The third kappa shape index (κ3) is 8.72. The lowest BCUT2D eigenvalue weighted by molar-refractivity contribution is -0.130. The number of hydrogen-bond donors (Lipinski definition) is 1. The highest BCUT2D eigenvalue weighted by atomic mass is 16.5. The van der Waals surface area contributed by atoms with Crippen LogP contribution in [0.2, 0.25) is 0 Å². The number of hydrogen-bond acceptors (Lipinski definition) is 2. The van der Waals surface area contributed by atoms with Gasteiger partial charge in [-0.15, -0.1) is 0 Å². The summed E-state index contributed by atoms with van der Waals surface area (Å²) in [6.07, 6.45) is 2.13. The number of carbonyl (C=O) groups excluding carboxylic acids is 1. The average molecular weight is 229 g/mol. The van der Waals surface area contributed by atoms with Crippen LogP contribution >= 0.6 is 0 Å². The largest absolute Gasteiger partial charge is 0.366 e. The summed E-state index contributed by atoms with van der Waals surface area (Å²) in [6, 6.07) is 0. The van der Waals surface area contributed by atoms with E-state index < -0.39 is 0 Å². The lowest BCUT2D eigenvalue weighted by Gasteiger charge is -2.23. The molecular formula is C13H27NO2. The van der Waals surface area contributed by atoms with Crippen molar-refractivity contribution in [2.24, 2.45) is 5.41 Å². The zero-order valence-corrected chi connectivity index (χ0v) is 11.6. The van der Waals surface area contributed by atoms with E-state index in [9.17, 15) is 4.79 Å². The minimum Gasteiger partial charge on any atom is -0.366 e. The van der Waals surface area contributed by atoms with Crippen LogP contribution in [-0.4, -0.2) is 24.7 Å². The fourth-order valence-electron chi connectivity index (χ4n) is 1.05. The molecule has 0 spiro atoms. The molecule has 16 heavy (non-hydrogen) atoms. The highest BCUT2D eigenvalue weighted by Crippen LogP contribution is 2.23. The van der Waals surface area contributed by atoms with Gasteiger partial charge in [0.05, 0.1) is 5.60 Å². The zero-order chi connectivity index (χ0) is 12.8. The normalized spacial score (nSPS) is 12.6. The van der Waals surface area contributed by atoms with E-state index in [0.717, 1.165) is 19.4 Å². The van der Waals surface area contributed by atoms with Crippen LogP contribution < -0.4 is 5.32 Å². The van der Waals surface area contributed by atoms with E-state index in [1.54, 1.807) is 0 Å². The summed E-state index contributed by atoms with van der Waals surface area (Å²) >= 11 is 0. The topological polar surface area (TPSA) is 38.3 Å². The fraction of sp³-hybridized carbons (Fsp3) is 0.923. The van der Waals surface area contributed by atoms with Gasteiger partial charge in [0, 0.05) is 6.54 Å². The van der Waals surface area contributed by atoms with Crippen LogP contribution in [0.1, 0.15) is 54.4 Å². The molecule has 0 aromatic heterocycles. The molecule has 0 aromatic rings. The molecule has 0 aromatic carbocycles. The van der Waals surface area contributed by atoms with Crippen molar-refractivity contribution in [1.82, 2.24) is 5.32 Å². The maximum atomic E-state index is 11.4. The Kier molecular flexibility index (Phi) is 6.01. The Labute approximate surface area is 99.9 Å². The molecule has 0 saturated carbocycles. The molecule has 0 rings (SSSR count). The van der Waals surface area contributed by atoms with Gasteiger partial charge in [0.2, 0.25) is 5.91 Å². The average Bonchev–Trinajstić information content (AvgIpc) is 2.13. The number of rotatable bonds is 6. The van der Waals surface area contributed by atoms with Crippen LogP contribution in [0.25, 0.3) is 0 Å². The number of nitrogens with one attached hydrogen (secondary N) is 1. The van der Waals surface area contributed by atoms with Crippen LogP contribution in [0.3, 0.4) is 0 Å². The molecule has 1 amide bonds. The fourth-order valence-corrected chi connectivity index (χ4v) is 1.05. The van der Waals surface area contributed by atoms with Gasteiger partial charge < -0.3 is 10.1 Å². The van der Waals surface area contributed by atoms with Crippen LogP contribution in [0, 0.1) is 5.41 Å². The smallest absolute Gasteiger partial charge is 0.246 e. The van der Waals surface area contributed by atoms with E-state index in [2.05, 4.69) is 26.1 Å². The van der Waals surface area contributed by atoms with Gasteiger partial charge in [-0.25, -0.2) is 0 Å². The summed E-state index contributed by atoms with van der Waals surface area (Å²) < 4.78 is 5.39. The quantitative estimate of drug-likeness (QED) is 0.760. The summed E-state index contributed by atoms with van der Waals surface area (Å²) in [5.74, 6) is -0.0261. The first-order valence-corrected chi connectivity index (χ1v) is 6.07. The standard InChI is InChI=1S/C13H27NO2/c1-7-13(5,6)8-9-14-11(15)10-16-12(2,3)4/h7-10H2,1-6H3,(H,14,15). The molecule has 0 aliphatic rings. The zero-order valence-electron chi connectivity index (χ0n) is 11.6. The molecule has 1 N–H and O–H groups in total. The molecule has 0 atom stereocenters. The van der Waals surface area contributed by atoms with Gasteiger partial charge in [-0.1, -0.05) is 27.2 Å². The van der Waals surface area contributed by atoms with Gasteiger partial charge in [-0.05, 0) is 32.6 Å². The Balaban J connectivity index is 3.67. The van der Waals surface area contributed by atoms with Crippen molar-refractivity contribution in [2.75, 3.05) is 13.2 Å². The van der Waals surface area contributed by atoms with Crippen molar-refractivity contribution < 1.29 is 9.53 Å². The second-order valence-corrected chi connectivity index (χ2v) is 6.02. The molecule has 0 saturated heterocycles. The highest BCUT2D eigenvalue weighted by Gasteiger charge is 2.16. The molecular weight excluding hydrogens is 202 g/mol. The molecule has 0 unspecified atom stereocenters. The van der Waals surface area contributed by atoms with Gasteiger partial charge in [0.25, 0.3) is 0 Å². The van der Waals surface area contributed by atoms with E-state index >= 15 is 0 Å². The van der Waals surface area contributed by atoms with Crippen LogP contribution in [0.4, 0.5) is 0 Å². The van der Waals surface area contributed by atoms with E-state index in [4.69, 9.17) is 4.74 Å². The number of carbonyl (C=O) groups is 1. The molecule has 96 valence electrons. The van der Waals surface area contributed by atoms with E-state index in [1.807, 2.05) is 20.8 Å². The van der Waals surface area contributed by atoms with Gasteiger partial charge in [-0.3, -0.25) is 4.79 Å². The van der Waals surface area contributed by atoms with E-state index in [-0.39, 0.29) is 18.1 Å². The van der Waals surface area contributed by atoms with E-state index in [0.29, 0.717) is 5.41 Å². The maximum absolute atomic E-state index is 11.4.